The van der Waals surface area contributed by atoms with Crippen molar-refractivity contribution < 1.29 is 9.47 Å². The van der Waals surface area contributed by atoms with Gasteiger partial charge in [0.15, 0.2) is 11.5 Å². The van der Waals surface area contributed by atoms with Gasteiger partial charge in [0.25, 0.3) is 0 Å². The summed E-state index contributed by atoms with van der Waals surface area (Å²) in [4.78, 5) is 0. The number of para-hydroxylation sites is 1. The molecule has 2 rings (SSSR count). The molecular weight excluding hydrogens is 234 g/mol. The second kappa shape index (κ2) is 6.77. The number of thioether (sulfide) groups is 1. The summed E-state index contributed by atoms with van der Waals surface area (Å²) in [5.74, 6) is 3.00. The molecule has 94 valence electrons. The van der Waals surface area contributed by atoms with Gasteiger partial charge >= 0.3 is 0 Å². The third kappa shape index (κ3) is 3.54. The number of fused-ring (bicyclic) bond motifs is 1. The molecule has 1 aromatic carbocycles. The van der Waals surface area contributed by atoms with Crippen LogP contribution in [-0.4, -0.2) is 31.8 Å². The van der Waals surface area contributed by atoms with Crippen LogP contribution >= 0.6 is 11.8 Å². The van der Waals surface area contributed by atoms with Gasteiger partial charge in [0.1, 0.15) is 13.2 Å². The molecule has 0 amide bonds. The van der Waals surface area contributed by atoms with E-state index in [9.17, 15) is 0 Å². The van der Waals surface area contributed by atoms with Crippen LogP contribution in [0.1, 0.15) is 12.0 Å². The molecule has 0 aliphatic carbocycles. The lowest BCUT2D eigenvalue weighted by Gasteiger charge is -2.21. The van der Waals surface area contributed by atoms with E-state index in [1.165, 1.54) is 17.7 Å². The highest BCUT2D eigenvalue weighted by Gasteiger charge is 2.14. The lowest BCUT2D eigenvalue weighted by atomic mass is 10.1. The highest BCUT2D eigenvalue weighted by atomic mass is 32.2. The average molecular weight is 253 g/mol. The van der Waals surface area contributed by atoms with Crippen LogP contribution in [0, 0.1) is 0 Å². The Morgan fingerprint density at radius 3 is 3.06 bits per heavy atom. The topological polar surface area (TPSA) is 30.5 Å². The molecule has 0 radical (unpaired) electrons. The van der Waals surface area contributed by atoms with Gasteiger partial charge in [0, 0.05) is 12.1 Å². The first-order valence-corrected chi connectivity index (χ1v) is 7.38. The number of hydrogen-bond acceptors (Lipinski definition) is 4. The Labute approximate surface area is 107 Å². The predicted molar refractivity (Wildman–Crippen MR) is 72.1 cm³/mol. The van der Waals surface area contributed by atoms with E-state index in [2.05, 4.69) is 17.6 Å². The maximum absolute atomic E-state index is 5.66. The fourth-order valence-corrected chi connectivity index (χ4v) is 2.27. The molecule has 0 saturated carbocycles. The van der Waals surface area contributed by atoms with E-state index < -0.39 is 0 Å². The summed E-state index contributed by atoms with van der Waals surface area (Å²) >= 11 is 1.89. The highest BCUT2D eigenvalue weighted by Crippen LogP contribution is 2.33. The Morgan fingerprint density at radius 2 is 2.18 bits per heavy atom. The van der Waals surface area contributed by atoms with E-state index in [4.69, 9.17) is 9.47 Å². The molecule has 4 heteroatoms. The number of benzene rings is 1. The third-order valence-corrected chi connectivity index (χ3v) is 3.36. The van der Waals surface area contributed by atoms with Gasteiger partial charge in [-0.15, -0.1) is 0 Å². The fraction of sp³-hybridized carbons (Fsp3) is 0.538. The molecule has 0 saturated heterocycles. The van der Waals surface area contributed by atoms with Crippen LogP contribution in [0.5, 0.6) is 11.5 Å². The van der Waals surface area contributed by atoms with Crippen molar-refractivity contribution in [1.29, 1.82) is 0 Å². The second-order valence-electron chi connectivity index (χ2n) is 3.96. The maximum atomic E-state index is 5.66. The number of rotatable bonds is 6. The second-order valence-corrected chi connectivity index (χ2v) is 4.95. The quantitative estimate of drug-likeness (QED) is 0.788. The zero-order chi connectivity index (χ0) is 11.9. The normalized spacial score (nSPS) is 13.7. The van der Waals surface area contributed by atoms with Gasteiger partial charge < -0.3 is 14.8 Å². The van der Waals surface area contributed by atoms with Gasteiger partial charge in [0.2, 0.25) is 0 Å². The van der Waals surface area contributed by atoms with Crippen molar-refractivity contribution >= 4 is 11.8 Å². The molecule has 0 aromatic heterocycles. The molecule has 1 N–H and O–H groups in total. The van der Waals surface area contributed by atoms with E-state index in [1.807, 2.05) is 23.9 Å². The summed E-state index contributed by atoms with van der Waals surface area (Å²) < 4.78 is 11.2. The SMILES string of the molecule is CSCCCNCc1cccc2c1OCCO2. The van der Waals surface area contributed by atoms with Crippen LogP contribution in [0.2, 0.25) is 0 Å². The van der Waals surface area contributed by atoms with Crippen LogP contribution in [0.15, 0.2) is 18.2 Å². The molecule has 1 heterocycles. The summed E-state index contributed by atoms with van der Waals surface area (Å²) in [6.07, 6.45) is 3.34. The van der Waals surface area contributed by atoms with Crippen molar-refractivity contribution in [3.63, 3.8) is 0 Å². The molecule has 17 heavy (non-hydrogen) atoms. The van der Waals surface area contributed by atoms with Crippen LogP contribution in [-0.2, 0) is 6.54 Å². The molecule has 0 bridgehead atoms. The first kappa shape index (κ1) is 12.6. The molecule has 3 nitrogen and oxygen atoms in total. The van der Waals surface area contributed by atoms with Crippen molar-refractivity contribution in [2.24, 2.45) is 0 Å². The van der Waals surface area contributed by atoms with Gasteiger partial charge in [-0.3, -0.25) is 0 Å². The standard InChI is InChI=1S/C13H19NO2S/c1-17-9-3-6-14-10-11-4-2-5-12-13(11)16-8-7-15-12/h2,4-5,14H,3,6-10H2,1H3. The first-order valence-electron chi connectivity index (χ1n) is 5.99. The lowest BCUT2D eigenvalue weighted by Crippen LogP contribution is -2.20. The molecule has 0 unspecified atom stereocenters. The Bertz CT molecular complexity index is 357. The largest absolute Gasteiger partial charge is 0.486 e. The van der Waals surface area contributed by atoms with E-state index in [-0.39, 0.29) is 0 Å². The monoisotopic (exact) mass is 253 g/mol. The predicted octanol–water partition coefficient (Wildman–Crippen LogP) is 2.30. The van der Waals surface area contributed by atoms with Crippen molar-refractivity contribution in [1.82, 2.24) is 5.32 Å². The van der Waals surface area contributed by atoms with Gasteiger partial charge in [0.05, 0.1) is 0 Å². The van der Waals surface area contributed by atoms with Crippen LogP contribution in [0.4, 0.5) is 0 Å². The number of nitrogens with one attached hydrogen (secondary N) is 1. The van der Waals surface area contributed by atoms with Crippen LogP contribution < -0.4 is 14.8 Å². The Morgan fingerprint density at radius 1 is 1.29 bits per heavy atom. The molecule has 0 fully saturated rings. The lowest BCUT2D eigenvalue weighted by molar-refractivity contribution is 0.169. The smallest absolute Gasteiger partial charge is 0.165 e. The minimum atomic E-state index is 0.649. The van der Waals surface area contributed by atoms with Crippen molar-refractivity contribution in [2.75, 3.05) is 31.8 Å². The first-order chi connectivity index (χ1) is 8.42. The minimum Gasteiger partial charge on any atom is -0.486 e. The molecular formula is C13H19NO2S. The Balaban J connectivity index is 1.87. The summed E-state index contributed by atoms with van der Waals surface area (Å²) in [5.41, 5.74) is 1.19. The van der Waals surface area contributed by atoms with Crippen molar-refractivity contribution in [3.8, 4) is 11.5 Å². The van der Waals surface area contributed by atoms with E-state index >= 15 is 0 Å². The van der Waals surface area contributed by atoms with Gasteiger partial charge in [-0.05, 0) is 31.0 Å². The third-order valence-electron chi connectivity index (χ3n) is 2.67. The van der Waals surface area contributed by atoms with Gasteiger partial charge in [-0.2, -0.15) is 11.8 Å². The molecule has 0 atom stereocenters. The van der Waals surface area contributed by atoms with Crippen molar-refractivity contribution in [3.05, 3.63) is 23.8 Å². The summed E-state index contributed by atoms with van der Waals surface area (Å²) in [6, 6.07) is 6.08. The van der Waals surface area contributed by atoms with Crippen molar-refractivity contribution in [2.45, 2.75) is 13.0 Å². The Kier molecular flexibility index (Phi) is 5.01. The summed E-state index contributed by atoms with van der Waals surface area (Å²) in [7, 11) is 0. The molecule has 1 aliphatic rings. The Hall–Kier alpha value is -0.870. The van der Waals surface area contributed by atoms with Crippen LogP contribution in [0.25, 0.3) is 0 Å². The van der Waals surface area contributed by atoms with Gasteiger partial charge in [-0.1, -0.05) is 12.1 Å². The maximum Gasteiger partial charge on any atom is 0.165 e. The minimum absolute atomic E-state index is 0.649. The molecule has 1 aliphatic heterocycles. The fourth-order valence-electron chi connectivity index (χ4n) is 1.84. The highest BCUT2D eigenvalue weighted by molar-refractivity contribution is 7.98. The molecule has 0 spiro atoms. The number of hydrogen-bond donors (Lipinski definition) is 1. The number of ether oxygens (including phenoxy) is 2. The van der Waals surface area contributed by atoms with Crippen LogP contribution in [0.3, 0.4) is 0 Å². The van der Waals surface area contributed by atoms with Gasteiger partial charge in [-0.25, -0.2) is 0 Å². The zero-order valence-electron chi connectivity index (χ0n) is 10.2. The van der Waals surface area contributed by atoms with E-state index in [0.717, 1.165) is 24.6 Å². The molecule has 1 aromatic rings. The summed E-state index contributed by atoms with van der Waals surface area (Å²) in [6.45, 7) is 3.19. The average Bonchev–Trinajstić information content (AvgIpc) is 2.39. The van der Waals surface area contributed by atoms with E-state index in [1.54, 1.807) is 0 Å². The zero-order valence-corrected chi connectivity index (χ0v) is 11.0. The summed E-state index contributed by atoms with van der Waals surface area (Å²) in [5, 5.41) is 3.44. The van der Waals surface area contributed by atoms with E-state index in [0.29, 0.717) is 13.2 Å².